The second-order valence-electron chi connectivity index (χ2n) is 12.2. The average Bonchev–Trinajstić information content (AvgIpc) is 3.13. The molecule has 0 spiro atoms. The number of aryl methyl sites for hydroxylation is 1. The Labute approximate surface area is 277 Å². The fourth-order valence-corrected chi connectivity index (χ4v) is 6.46. The van der Waals surface area contributed by atoms with Crippen LogP contribution in [0.1, 0.15) is 59.8 Å². The summed E-state index contributed by atoms with van der Waals surface area (Å²) >= 11 is 0. The van der Waals surface area contributed by atoms with E-state index in [-0.39, 0.29) is 37.4 Å². The van der Waals surface area contributed by atoms with E-state index in [0.717, 1.165) is 34.2 Å². The number of rotatable bonds is 14. The zero-order chi connectivity index (χ0) is 32.3. The van der Waals surface area contributed by atoms with Crippen LogP contribution in [-0.4, -0.2) is 35.8 Å². The fraction of sp³-hybridized carbons (Fsp3) is 0.262. The van der Waals surface area contributed by atoms with Crippen LogP contribution in [-0.2, 0) is 31.0 Å². The van der Waals surface area contributed by atoms with Crippen molar-refractivity contribution in [1.29, 1.82) is 0 Å². The normalized spacial score (nSPS) is 18.8. The molecule has 5 aromatic carbocycles. The Kier molecular flexibility index (Phi) is 11.0. The molecule has 0 saturated carbocycles. The molecule has 0 aliphatic carbocycles. The Morgan fingerprint density at radius 3 is 1.68 bits per heavy atom. The first kappa shape index (κ1) is 32.5. The minimum absolute atomic E-state index is 0.0175. The Morgan fingerprint density at radius 1 is 0.681 bits per heavy atom. The summed E-state index contributed by atoms with van der Waals surface area (Å²) in [5, 5.41) is 10.7. The number of hydrogen-bond acceptors (Lipinski definition) is 5. The van der Waals surface area contributed by atoms with E-state index in [0.29, 0.717) is 12.8 Å². The highest BCUT2D eigenvalue weighted by atomic mass is 16.7. The maximum atomic E-state index is 13.2. The quantitative estimate of drug-likeness (QED) is 0.126. The topological polar surface area (TPSA) is 65.0 Å². The summed E-state index contributed by atoms with van der Waals surface area (Å²) in [5.74, 6) is -0.0175. The second kappa shape index (κ2) is 15.9. The number of carbonyl (C=O) groups excluding carboxylic acids is 1. The van der Waals surface area contributed by atoms with E-state index in [2.05, 4.69) is 36.4 Å². The number of aliphatic hydroxyl groups excluding tert-OH is 1. The molecule has 5 nitrogen and oxygen atoms in total. The van der Waals surface area contributed by atoms with Crippen molar-refractivity contribution < 1.29 is 24.1 Å². The smallest absolute Gasteiger partial charge is 0.184 e. The number of ketones is 1. The molecule has 0 radical (unpaired) electrons. The molecule has 0 amide bonds. The number of ether oxygens (including phenoxy) is 3. The monoisotopic (exact) mass is 626 g/mol. The molecule has 1 saturated heterocycles. The zero-order valence-corrected chi connectivity index (χ0v) is 26.6. The van der Waals surface area contributed by atoms with Crippen molar-refractivity contribution in [1.82, 2.24) is 0 Å². The van der Waals surface area contributed by atoms with Crippen molar-refractivity contribution in [2.75, 3.05) is 6.61 Å². The van der Waals surface area contributed by atoms with E-state index < -0.39 is 18.0 Å². The maximum Gasteiger partial charge on any atom is 0.184 e. The van der Waals surface area contributed by atoms with Crippen molar-refractivity contribution in [3.63, 3.8) is 0 Å². The zero-order valence-electron chi connectivity index (χ0n) is 26.6. The van der Waals surface area contributed by atoms with Crippen LogP contribution in [0.5, 0.6) is 0 Å². The molecule has 5 heteroatoms. The molecule has 47 heavy (non-hydrogen) atoms. The van der Waals surface area contributed by atoms with Gasteiger partial charge in [-0.15, -0.1) is 0 Å². The summed E-state index contributed by atoms with van der Waals surface area (Å²) in [6.07, 6.45) is -0.00578. The Balaban J connectivity index is 1.21. The van der Waals surface area contributed by atoms with E-state index in [1.54, 1.807) is 0 Å². The average molecular weight is 627 g/mol. The van der Waals surface area contributed by atoms with Crippen LogP contribution in [0.15, 0.2) is 152 Å². The van der Waals surface area contributed by atoms with Crippen LogP contribution in [0.2, 0.25) is 0 Å². The lowest BCUT2D eigenvalue weighted by Crippen LogP contribution is -2.41. The van der Waals surface area contributed by atoms with Gasteiger partial charge < -0.3 is 19.3 Å². The number of carbonyl (C=O) groups is 1. The summed E-state index contributed by atoms with van der Waals surface area (Å²) in [5.41, 5.74) is 4.19. The van der Waals surface area contributed by atoms with Crippen molar-refractivity contribution in [3.8, 4) is 0 Å². The van der Waals surface area contributed by atoms with Crippen LogP contribution in [0.4, 0.5) is 0 Å². The Hall–Kier alpha value is -4.39. The molecule has 0 aromatic heterocycles. The van der Waals surface area contributed by atoms with Crippen LogP contribution < -0.4 is 0 Å². The van der Waals surface area contributed by atoms with Crippen LogP contribution >= 0.6 is 0 Å². The van der Waals surface area contributed by atoms with E-state index in [1.165, 1.54) is 0 Å². The Morgan fingerprint density at radius 2 is 1.15 bits per heavy atom. The predicted octanol–water partition coefficient (Wildman–Crippen LogP) is 8.21. The molecule has 1 aliphatic heterocycles. The molecule has 240 valence electrons. The summed E-state index contributed by atoms with van der Waals surface area (Å²) in [6.45, 7) is 0.274. The molecule has 6 rings (SSSR count). The molecule has 5 aromatic rings. The van der Waals surface area contributed by atoms with Gasteiger partial charge in [0, 0.05) is 24.8 Å². The standard InChI is InChI=1S/C42H42O5/c43-37(27-26-32-16-6-1-7-17-32)28-38(44)29-39-30-40(47-41(46-39)33-18-8-2-9-19-33)31-45-42(34-20-10-3-11-21-34,35-22-12-4-13-23-35)36-24-14-5-15-25-36/h1-25,37,39-41,43H,26-31H2/t37-,39+,40+,41+/m1/s1. The third-order valence-corrected chi connectivity index (χ3v) is 8.78. The molecule has 4 atom stereocenters. The maximum absolute atomic E-state index is 13.2. The highest BCUT2D eigenvalue weighted by Gasteiger charge is 2.40. The molecule has 1 heterocycles. The van der Waals surface area contributed by atoms with Gasteiger partial charge in [-0.1, -0.05) is 152 Å². The Bertz CT molecular complexity index is 1550. The van der Waals surface area contributed by atoms with Crippen molar-refractivity contribution in [3.05, 3.63) is 179 Å². The minimum Gasteiger partial charge on any atom is -0.393 e. The SMILES string of the molecule is O=C(C[C@H](O)CCc1ccccc1)C[C@H]1C[C@@H](COC(c2ccccc2)(c2ccccc2)c2ccccc2)O[C@@H](c2ccccc2)O1. The fourth-order valence-electron chi connectivity index (χ4n) is 6.46. The van der Waals surface area contributed by atoms with Crippen molar-refractivity contribution in [2.45, 2.75) is 62.3 Å². The predicted molar refractivity (Wildman–Crippen MR) is 184 cm³/mol. The van der Waals surface area contributed by atoms with Gasteiger partial charge >= 0.3 is 0 Å². The first-order chi connectivity index (χ1) is 23.1. The third-order valence-electron chi connectivity index (χ3n) is 8.78. The van der Waals surface area contributed by atoms with Gasteiger partial charge in [0.15, 0.2) is 6.29 Å². The molecule has 1 aliphatic rings. The van der Waals surface area contributed by atoms with Gasteiger partial charge in [-0.05, 0) is 35.1 Å². The van der Waals surface area contributed by atoms with E-state index in [4.69, 9.17) is 14.2 Å². The van der Waals surface area contributed by atoms with Gasteiger partial charge in [-0.25, -0.2) is 0 Å². The second-order valence-corrected chi connectivity index (χ2v) is 12.2. The minimum atomic E-state index is -0.887. The first-order valence-electron chi connectivity index (χ1n) is 16.5. The van der Waals surface area contributed by atoms with Crippen LogP contribution in [0.3, 0.4) is 0 Å². The summed E-state index contributed by atoms with van der Waals surface area (Å²) < 4.78 is 20.0. The summed E-state index contributed by atoms with van der Waals surface area (Å²) in [6, 6.07) is 50.7. The van der Waals surface area contributed by atoms with Gasteiger partial charge in [0.25, 0.3) is 0 Å². The highest BCUT2D eigenvalue weighted by molar-refractivity contribution is 5.79. The van der Waals surface area contributed by atoms with Gasteiger partial charge in [-0.2, -0.15) is 0 Å². The molecule has 1 fully saturated rings. The lowest BCUT2D eigenvalue weighted by molar-refractivity contribution is -0.260. The molecule has 1 N–H and O–H groups in total. The molecular weight excluding hydrogens is 584 g/mol. The number of Topliss-reactive ketones (excluding diaryl/α,β-unsaturated/α-hetero) is 1. The largest absolute Gasteiger partial charge is 0.393 e. The number of benzene rings is 5. The van der Waals surface area contributed by atoms with Crippen molar-refractivity contribution >= 4 is 5.78 Å². The summed E-state index contributed by atoms with van der Waals surface area (Å²) in [7, 11) is 0. The van der Waals surface area contributed by atoms with Gasteiger partial charge in [0.1, 0.15) is 11.4 Å². The summed E-state index contributed by atoms with van der Waals surface area (Å²) in [4.78, 5) is 13.2. The molecular formula is C42H42O5. The van der Waals surface area contributed by atoms with Crippen LogP contribution in [0.25, 0.3) is 0 Å². The van der Waals surface area contributed by atoms with Crippen LogP contribution in [0, 0.1) is 0 Å². The third kappa shape index (κ3) is 8.31. The number of aliphatic hydroxyl groups is 1. The van der Waals surface area contributed by atoms with E-state index >= 15 is 0 Å². The van der Waals surface area contributed by atoms with E-state index in [1.807, 2.05) is 115 Å². The highest BCUT2D eigenvalue weighted by Crippen LogP contribution is 2.41. The molecule has 0 bridgehead atoms. The lowest BCUT2D eigenvalue weighted by Gasteiger charge is -2.40. The number of hydrogen-bond donors (Lipinski definition) is 1. The van der Waals surface area contributed by atoms with Gasteiger partial charge in [0.05, 0.1) is 24.9 Å². The first-order valence-corrected chi connectivity index (χ1v) is 16.5. The lowest BCUT2D eigenvalue weighted by atomic mass is 9.80. The molecule has 0 unspecified atom stereocenters. The van der Waals surface area contributed by atoms with E-state index in [9.17, 15) is 9.90 Å². The van der Waals surface area contributed by atoms with Gasteiger partial charge in [0.2, 0.25) is 0 Å². The van der Waals surface area contributed by atoms with Crippen molar-refractivity contribution in [2.24, 2.45) is 0 Å². The van der Waals surface area contributed by atoms with Gasteiger partial charge in [-0.3, -0.25) is 4.79 Å².